The number of nitrogens with one attached hydrogen (secondary N) is 2. The summed E-state index contributed by atoms with van der Waals surface area (Å²) in [5.41, 5.74) is 10.9. The number of fused-ring (bicyclic) bond motifs is 8. The molecular formula is C40H30N8+4. The number of pyridine rings is 4. The van der Waals surface area contributed by atoms with Crippen LogP contribution in [0.5, 0.6) is 0 Å². The maximum Gasteiger partial charge on any atom is 0.260 e. The quantitative estimate of drug-likeness (QED) is 0.245. The first-order valence-electron chi connectivity index (χ1n) is 15.8. The van der Waals surface area contributed by atoms with E-state index in [4.69, 9.17) is 9.97 Å². The highest BCUT2D eigenvalue weighted by Gasteiger charge is 2.26. The average molecular weight is 623 g/mol. The van der Waals surface area contributed by atoms with E-state index in [9.17, 15) is 0 Å². The van der Waals surface area contributed by atoms with Gasteiger partial charge in [0.2, 0.25) is 0 Å². The number of H-pyrrole nitrogens is 2. The fraction of sp³-hybridized carbons (Fsp3) is 0. The molecule has 9 rings (SSSR count). The molecule has 0 saturated heterocycles. The maximum atomic E-state index is 5.30. The summed E-state index contributed by atoms with van der Waals surface area (Å²) in [6, 6.07) is 32.8. The fourth-order valence-electron chi connectivity index (χ4n) is 6.42. The van der Waals surface area contributed by atoms with Crippen LogP contribution in [0.4, 0.5) is 0 Å². The van der Waals surface area contributed by atoms with Gasteiger partial charge in [0.25, 0.3) is 22.7 Å². The summed E-state index contributed by atoms with van der Waals surface area (Å²) < 4.78 is 8.44. The van der Waals surface area contributed by atoms with Gasteiger partial charge in [-0.25, -0.2) is 9.97 Å². The van der Waals surface area contributed by atoms with E-state index in [0.717, 1.165) is 67.6 Å². The van der Waals surface area contributed by atoms with Crippen LogP contribution in [-0.4, -0.2) is 19.9 Å². The Hall–Kier alpha value is -6.80. The number of nitrogens with zero attached hydrogens (tertiary/aromatic N) is 6. The minimum absolute atomic E-state index is 0.845. The van der Waals surface area contributed by atoms with Crippen LogP contribution in [-0.2, 0) is 0 Å². The third-order valence-corrected chi connectivity index (χ3v) is 8.54. The number of aromatic amines is 2. The van der Waals surface area contributed by atoms with Crippen molar-refractivity contribution in [3.05, 3.63) is 169 Å². The second-order valence-corrected chi connectivity index (χ2v) is 11.5. The summed E-state index contributed by atoms with van der Waals surface area (Å²) in [7, 11) is 0. The highest BCUT2D eigenvalue weighted by Crippen LogP contribution is 2.27. The molecular weight excluding hydrogens is 592 g/mol. The lowest BCUT2D eigenvalue weighted by molar-refractivity contribution is -0.595. The SMILES string of the molecule is C1=Cc2nc1c(-[n+]1ccccc1)c1ccc([nH]1)c(-[n+]1ccccc1)c1nc(c(-[n+]3ccccc3)c3ccc([nH]3)c2-[n+]2ccccc2)C=C1. The van der Waals surface area contributed by atoms with Crippen molar-refractivity contribution < 1.29 is 18.3 Å². The van der Waals surface area contributed by atoms with Crippen LogP contribution in [0.2, 0.25) is 0 Å². The Morgan fingerprint density at radius 3 is 0.771 bits per heavy atom. The normalized spacial score (nSPS) is 12.0. The minimum atomic E-state index is 0.845. The zero-order valence-corrected chi connectivity index (χ0v) is 25.8. The predicted octanol–water partition coefficient (Wildman–Crippen LogP) is 5.76. The molecule has 0 aromatic carbocycles. The van der Waals surface area contributed by atoms with Gasteiger partial charge >= 0.3 is 0 Å². The van der Waals surface area contributed by atoms with E-state index in [-0.39, 0.29) is 0 Å². The first-order chi connectivity index (χ1) is 23.8. The summed E-state index contributed by atoms with van der Waals surface area (Å²) in [6.45, 7) is 0. The summed E-state index contributed by atoms with van der Waals surface area (Å²) in [5.74, 6) is 0. The van der Waals surface area contributed by atoms with Crippen molar-refractivity contribution in [2.75, 3.05) is 0 Å². The van der Waals surface area contributed by atoms with Gasteiger partial charge in [-0.05, 0) is 48.6 Å². The molecule has 2 N–H and O–H groups in total. The Balaban J connectivity index is 1.49. The molecule has 0 fully saturated rings. The second kappa shape index (κ2) is 11.5. The number of hydrogen-bond acceptors (Lipinski definition) is 2. The highest BCUT2D eigenvalue weighted by molar-refractivity contribution is 5.87. The third-order valence-electron chi connectivity index (χ3n) is 8.54. The summed E-state index contributed by atoms with van der Waals surface area (Å²) in [6.07, 6.45) is 24.8. The van der Waals surface area contributed by atoms with Crippen molar-refractivity contribution in [1.82, 2.24) is 19.9 Å². The fourth-order valence-corrected chi connectivity index (χ4v) is 6.42. The zero-order chi connectivity index (χ0) is 31.9. The van der Waals surface area contributed by atoms with Crippen molar-refractivity contribution in [3.8, 4) is 22.7 Å². The van der Waals surface area contributed by atoms with Gasteiger partial charge in [0.15, 0.2) is 49.6 Å². The van der Waals surface area contributed by atoms with E-state index >= 15 is 0 Å². The van der Waals surface area contributed by atoms with E-state index in [2.05, 4.69) is 126 Å². The van der Waals surface area contributed by atoms with Crippen LogP contribution < -0.4 is 18.3 Å². The molecule has 8 nitrogen and oxygen atoms in total. The average Bonchev–Trinajstić information content (AvgIpc) is 3.98. The van der Waals surface area contributed by atoms with Gasteiger partial charge in [0.05, 0.1) is 0 Å². The standard InChI is InChI=1S/C40H30N8/c1-5-21-45(22-6-1)37-29-13-15-31(41-29)38(46-23-7-2-8-24-46)33-17-19-35(43-33)40(48-27-11-4-12-28-48)36-20-18-34(44-36)39(32-16-14-30(37)42-32)47-25-9-3-10-26-47/h1-28,41,44H/q+4. The number of rotatable bonds is 4. The zero-order valence-electron chi connectivity index (χ0n) is 25.8. The first-order valence-corrected chi connectivity index (χ1v) is 15.8. The summed E-state index contributed by atoms with van der Waals surface area (Å²) in [4.78, 5) is 18.1. The molecule has 226 valence electrons. The number of aromatic nitrogens is 8. The van der Waals surface area contributed by atoms with Crippen LogP contribution in [0.25, 0.3) is 69.1 Å². The highest BCUT2D eigenvalue weighted by atomic mass is 15.0. The molecule has 8 bridgehead atoms. The van der Waals surface area contributed by atoms with Gasteiger partial charge in [-0.3, -0.25) is 0 Å². The van der Waals surface area contributed by atoms with E-state index in [1.54, 1.807) is 0 Å². The lowest BCUT2D eigenvalue weighted by atomic mass is 10.2. The minimum Gasteiger partial charge on any atom is -0.345 e. The Kier molecular flexibility index (Phi) is 6.61. The monoisotopic (exact) mass is 622 g/mol. The van der Waals surface area contributed by atoms with E-state index < -0.39 is 0 Å². The largest absolute Gasteiger partial charge is 0.345 e. The van der Waals surface area contributed by atoms with Crippen LogP contribution in [0.3, 0.4) is 0 Å². The summed E-state index contributed by atoms with van der Waals surface area (Å²) in [5, 5.41) is 0. The maximum absolute atomic E-state index is 5.30. The van der Waals surface area contributed by atoms with E-state index in [1.165, 1.54) is 0 Å². The summed E-state index contributed by atoms with van der Waals surface area (Å²) >= 11 is 0. The third kappa shape index (κ3) is 4.80. The lowest BCUT2D eigenvalue weighted by Crippen LogP contribution is -2.31. The van der Waals surface area contributed by atoms with E-state index in [1.807, 2.05) is 72.8 Å². The molecule has 0 amide bonds. The Morgan fingerprint density at radius 1 is 0.312 bits per heavy atom. The predicted molar refractivity (Wildman–Crippen MR) is 185 cm³/mol. The van der Waals surface area contributed by atoms with Crippen LogP contribution >= 0.6 is 0 Å². The van der Waals surface area contributed by atoms with Crippen molar-refractivity contribution >= 4 is 46.4 Å². The Morgan fingerprint density at radius 2 is 0.542 bits per heavy atom. The number of hydrogen-bond donors (Lipinski definition) is 2. The van der Waals surface area contributed by atoms with Crippen molar-refractivity contribution in [1.29, 1.82) is 0 Å². The van der Waals surface area contributed by atoms with Gasteiger partial charge in [0.1, 0.15) is 44.8 Å². The Labute approximate surface area is 276 Å². The van der Waals surface area contributed by atoms with Crippen molar-refractivity contribution in [2.45, 2.75) is 0 Å². The van der Waals surface area contributed by atoms with Gasteiger partial charge < -0.3 is 9.97 Å². The molecule has 2 aliphatic rings. The molecule has 0 aliphatic carbocycles. The van der Waals surface area contributed by atoms with Crippen LogP contribution in [0.15, 0.2) is 147 Å². The Bertz CT molecular complexity index is 2190. The van der Waals surface area contributed by atoms with Gasteiger partial charge in [0, 0.05) is 48.5 Å². The molecule has 0 saturated carbocycles. The lowest BCUT2D eigenvalue weighted by Gasteiger charge is -2.00. The van der Waals surface area contributed by atoms with Gasteiger partial charge in [-0.1, -0.05) is 24.3 Å². The van der Waals surface area contributed by atoms with Gasteiger partial charge in [-0.15, -0.1) is 0 Å². The molecule has 0 atom stereocenters. The second-order valence-electron chi connectivity index (χ2n) is 11.5. The van der Waals surface area contributed by atoms with Crippen LogP contribution in [0, 0.1) is 0 Å². The molecule has 7 aromatic rings. The molecule has 9 heterocycles. The molecule has 8 heteroatoms. The molecule has 2 aliphatic heterocycles. The smallest absolute Gasteiger partial charge is 0.260 e. The molecule has 48 heavy (non-hydrogen) atoms. The molecule has 7 aromatic heterocycles. The van der Waals surface area contributed by atoms with Crippen LogP contribution in [0.1, 0.15) is 22.8 Å². The molecule has 0 radical (unpaired) electrons. The molecule has 0 spiro atoms. The topological polar surface area (TPSA) is 72.9 Å². The molecule has 0 unspecified atom stereocenters. The van der Waals surface area contributed by atoms with Crippen molar-refractivity contribution in [2.24, 2.45) is 0 Å². The van der Waals surface area contributed by atoms with Gasteiger partial charge in [-0.2, -0.15) is 18.3 Å². The van der Waals surface area contributed by atoms with E-state index in [0.29, 0.717) is 0 Å². The first kappa shape index (κ1) is 27.5. The van der Waals surface area contributed by atoms with Crippen molar-refractivity contribution in [3.63, 3.8) is 0 Å².